The Morgan fingerprint density at radius 3 is 2.39 bits per heavy atom. The molecular weight excluding hydrogens is 256 g/mol. The first-order valence-corrected chi connectivity index (χ1v) is 7.80. The Kier molecular flexibility index (Phi) is 5.55. The van der Waals surface area contributed by atoms with Gasteiger partial charge in [-0.3, -0.25) is 9.63 Å². The minimum Gasteiger partial charge on any atom is -0.275 e. The number of sulfonamides is 1. The lowest BCUT2D eigenvalue weighted by atomic mass is 9.88. The predicted octanol–water partition coefficient (Wildman–Crippen LogP) is 0.504. The zero-order valence-electron chi connectivity index (χ0n) is 11.2. The van der Waals surface area contributed by atoms with E-state index in [-0.39, 0.29) is 6.04 Å². The third-order valence-corrected chi connectivity index (χ3v) is 4.62. The van der Waals surface area contributed by atoms with Crippen LogP contribution in [0.15, 0.2) is 0 Å². The van der Waals surface area contributed by atoms with Crippen molar-refractivity contribution in [1.29, 1.82) is 0 Å². The molecule has 6 nitrogen and oxygen atoms in total. The Morgan fingerprint density at radius 1 is 1.33 bits per heavy atom. The fourth-order valence-corrected chi connectivity index (χ4v) is 3.36. The molecule has 1 aliphatic rings. The molecule has 1 aliphatic carbocycles. The lowest BCUT2D eigenvalue weighted by Gasteiger charge is -2.26. The van der Waals surface area contributed by atoms with Gasteiger partial charge in [0.15, 0.2) is 0 Å². The van der Waals surface area contributed by atoms with Gasteiger partial charge in [0.05, 0.1) is 7.11 Å². The van der Waals surface area contributed by atoms with E-state index < -0.39 is 21.7 Å². The van der Waals surface area contributed by atoms with Crippen LogP contribution in [0.4, 0.5) is 0 Å². The van der Waals surface area contributed by atoms with Gasteiger partial charge in [0.25, 0.3) is 5.91 Å². The van der Waals surface area contributed by atoms with Crippen LogP contribution in [-0.4, -0.2) is 45.3 Å². The molecule has 0 saturated heterocycles. The van der Waals surface area contributed by atoms with Crippen LogP contribution in [0.5, 0.6) is 0 Å². The highest BCUT2D eigenvalue weighted by atomic mass is 32.2. The normalized spacial score (nSPS) is 24.8. The molecule has 0 spiro atoms. The molecule has 0 aromatic heterocycles. The predicted molar refractivity (Wildman–Crippen MR) is 68.1 cm³/mol. The van der Waals surface area contributed by atoms with Crippen molar-refractivity contribution in [2.24, 2.45) is 5.92 Å². The highest BCUT2D eigenvalue weighted by molar-refractivity contribution is 7.90. The van der Waals surface area contributed by atoms with Crippen molar-refractivity contribution in [3.8, 4) is 0 Å². The number of hydroxylamine groups is 2. The van der Waals surface area contributed by atoms with Crippen molar-refractivity contribution in [2.45, 2.75) is 38.6 Å². The molecule has 0 unspecified atom stereocenters. The molecule has 106 valence electrons. The van der Waals surface area contributed by atoms with E-state index in [2.05, 4.69) is 16.5 Å². The van der Waals surface area contributed by atoms with E-state index in [4.69, 9.17) is 0 Å². The summed E-state index contributed by atoms with van der Waals surface area (Å²) in [5.41, 5.74) is 0. The second-order valence-electron chi connectivity index (χ2n) is 4.91. The molecule has 0 atom stereocenters. The van der Waals surface area contributed by atoms with Gasteiger partial charge in [-0.25, -0.2) is 18.2 Å². The standard InChI is InChI=1S/C11H22N2O4S/c1-9-4-6-10(7-5-9)12-18(15,16)8-11(14)13(2)17-3/h9-10,12H,4-8H2,1-3H3. The number of hydrogen-bond donors (Lipinski definition) is 1. The molecule has 1 N–H and O–H groups in total. The fraction of sp³-hybridized carbons (Fsp3) is 0.909. The average Bonchev–Trinajstić information content (AvgIpc) is 2.30. The van der Waals surface area contributed by atoms with Crippen molar-refractivity contribution in [1.82, 2.24) is 9.79 Å². The number of carbonyl (C=O) groups is 1. The topological polar surface area (TPSA) is 75.7 Å². The average molecular weight is 278 g/mol. The lowest BCUT2D eigenvalue weighted by Crippen LogP contribution is -2.42. The van der Waals surface area contributed by atoms with E-state index in [1.165, 1.54) is 14.2 Å². The van der Waals surface area contributed by atoms with Gasteiger partial charge in [0.2, 0.25) is 10.0 Å². The Hall–Kier alpha value is -0.660. The van der Waals surface area contributed by atoms with Gasteiger partial charge in [-0.2, -0.15) is 0 Å². The highest BCUT2D eigenvalue weighted by Crippen LogP contribution is 2.23. The summed E-state index contributed by atoms with van der Waals surface area (Å²) in [6, 6.07) is -0.0353. The molecule has 1 amide bonds. The van der Waals surface area contributed by atoms with Crippen LogP contribution in [0.1, 0.15) is 32.6 Å². The molecular formula is C11H22N2O4S. The zero-order valence-corrected chi connectivity index (χ0v) is 12.0. The summed E-state index contributed by atoms with van der Waals surface area (Å²) in [6.07, 6.45) is 3.74. The molecule has 0 aliphatic heterocycles. The highest BCUT2D eigenvalue weighted by Gasteiger charge is 2.25. The Bertz CT molecular complexity index is 375. The lowest BCUT2D eigenvalue weighted by molar-refractivity contribution is -0.165. The zero-order chi connectivity index (χ0) is 13.8. The maximum Gasteiger partial charge on any atom is 0.262 e. The SMILES string of the molecule is CON(C)C(=O)CS(=O)(=O)NC1CCC(C)CC1. The summed E-state index contributed by atoms with van der Waals surface area (Å²) >= 11 is 0. The monoisotopic (exact) mass is 278 g/mol. The molecule has 1 saturated carbocycles. The first-order valence-electron chi connectivity index (χ1n) is 6.14. The smallest absolute Gasteiger partial charge is 0.262 e. The first kappa shape index (κ1) is 15.4. The number of amides is 1. The van der Waals surface area contributed by atoms with Crippen LogP contribution < -0.4 is 4.72 Å². The Morgan fingerprint density at radius 2 is 1.89 bits per heavy atom. The third kappa shape index (κ3) is 4.91. The summed E-state index contributed by atoms with van der Waals surface area (Å²) in [7, 11) is -0.865. The van der Waals surface area contributed by atoms with Gasteiger partial charge >= 0.3 is 0 Å². The molecule has 18 heavy (non-hydrogen) atoms. The van der Waals surface area contributed by atoms with Crippen LogP contribution in [0.2, 0.25) is 0 Å². The van der Waals surface area contributed by atoms with Crippen molar-refractivity contribution in [3.05, 3.63) is 0 Å². The van der Waals surface area contributed by atoms with E-state index in [1.54, 1.807) is 0 Å². The van der Waals surface area contributed by atoms with Crippen molar-refractivity contribution in [2.75, 3.05) is 19.9 Å². The minimum atomic E-state index is -3.57. The number of carbonyl (C=O) groups excluding carboxylic acids is 1. The van der Waals surface area contributed by atoms with E-state index in [0.717, 1.165) is 30.7 Å². The number of nitrogens with zero attached hydrogens (tertiary/aromatic N) is 1. The Labute approximate surface area is 109 Å². The molecule has 0 radical (unpaired) electrons. The molecule has 1 rings (SSSR count). The van der Waals surface area contributed by atoms with Crippen LogP contribution in [0, 0.1) is 5.92 Å². The molecule has 7 heteroatoms. The summed E-state index contributed by atoms with van der Waals surface area (Å²) < 4.78 is 26.2. The quantitative estimate of drug-likeness (QED) is 0.743. The molecule has 0 bridgehead atoms. The largest absolute Gasteiger partial charge is 0.275 e. The van der Waals surface area contributed by atoms with Gasteiger partial charge in [-0.15, -0.1) is 0 Å². The van der Waals surface area contributed by atoms with Gasteiger partial charge in [0, 0.05) is 13.1 Å². The first-order chi connectivity index (χ1) is 8.34. The molecule has 0 heterocycles. The van der Waals surface area contributed by atoms with Crippen LogP contribution in [0.25, 0.3) is 0 Å². The maximum absolute atomic E-state index is 11.8. The van der Waals surface area contributed by atoms with Crippen LogP contribution >= 0.6 is 0 Å². The van der Waals surface area contributed by atoms with E-state index in [9.17, 15) is 13.2 Å². The summed E-state index contributed by atoms with van der Waals surface area (Å²) in [5.74, 6) is -0.482. The number of hydrogen-bond acceptors (Lipinski definition) is 4. The van der Waals surface area contributed by atoms with Gasteiger partial charge in [0.1, 0.15) is 5.75 Å². The molecule has 0 aromatic carbocycles. The number of rotatable bonds is 5. The summed E-state index contributed by atoms with van der Waals surface area (Å²) in [6.45, 7) is 2.17. The van der Waals surface area contributed by atoms with E-state index in [0.29, 0.717) is 5.92 Å². The Balaban J connectivity index is 2.47. The van der Waals surface area contributed by atoms with Crippen LogP contribution in [0.3, 0.4) is 0 Å². The van der Waals surface area contributed by atoms with Crippen molar-refractivity contribution < 1.29 is 18.0 Å². The second kappa shape index (κ2) is 6.49. The van der Waals surface area contributed by atoms with Gasteiger partial charge in [-0.1, -0.05) is 6.92 Å². The van der Waals surface area contributed by atoms with Gasteiger partial charge in [-0.05, 0) is 31.6 Å². The van der Waals surface area contributed by atoms with E-state index in [1.807, 2.05) is 0 Å². The minimum absolute atomic E-state index is 0.0353. The van der Waals surface area contributed by atoms with Crippen molar-refractivity contribution in [3.63, 3.8) is 0 Å². The third-order valence-electron chi connectivity index (χ3n) is 3.30. The number of nitrogens with one attached hydrogen (secondary N) is 1. The summed E-state index contributed by atoms with van der Waals surface area (Å²) in [5, 5.41) is 0.919. The summed E-state index contributed by atoms with van der Waals surface area (Å²) in [4.78, 5) is 16.1. The maximum atomic E-state index is 11.8. The van der Waals surface area contributed by atoms with Gasteiger partial charge < -0.3 is 0 Å². The molecule has 1 fully saturated rings. The van der Waals surface area contributed by atoms with Crippen LogP contribution in [-0.2, 0) is 19.7 Å². The second-order valence-corrected chi connectivity index (χ2v) is 6.66. The molecule has 0 aromatic rings. The fourth-order valence-electron chi connectivity index (χ4n) is 2.03. The van der Waals surface area contributed by atoms with Crippen molar-refractivity contribution >= 4 is 15.9 Å². The van der Waals surface area contributed by atoms with E-state index >= 15 is 0 Å².